The first-order valence-corrected chi connectivity index (χ1v) is 23.2. The second-order valence-electron chi connectivity index (χ2n) is 16.6. The zero-order valence-electron chi connectivity index (χ0n) is 41.7. The van der Waals surface area contributed by atoms with Crippen molar-refractivity contribution in [3.05, 3.63) is 0 Å². The van der Waals surface area contributed by atoms with E-state index in [0.717, 1.165) is 4.90 Å². The Bertz CT molecular complexity index is 2190. The minimum atomic E-state index is -1.90. The second-order valence-corrected chi connectivity index (χ2v) is 16.6. The maximum Gasteiger partial charge on any atom is 0.325 e. The molecule has 1 aliphatic rings. The number of aliphatic carboxylic acids is 2. The Morgan fingerprint density at radius 3 is 1.55 bits per heavy atom. The highest BCUT2D eigenvalue weighted by Gasteiger charge is 2.39. The molecule has 0 unspecified atom stereocenters. The number of carboxylic acids is 2. The molecule has 1 heterocycles. The van der Waals surface area contributed by atoms with Crippen molar-refractivity contribution in [3.8, 4) is 0 Å². The number of amides is 13. The Hall–Kier alpha value is -8.76. The molecule has 7 atom stereocenters. The van der Waals surface area contributed by atoms with Crippen LogP contribution in [0.2, 0.25) is 0 Å². The predicted molar refractivity (Wildman–Crippen MR) is 257 cm³/mol. The van der Waals surface area contributed by atoms with Gasteiger partial charge in [-0.05, 0) is 46.5 Å². The molecule has 0 aromatic carbocycles. The van der Waals surface area contributed by atoms with Crippen molar-refractivity contribution in [2.75, 3.05) is 65.5 Å². The summed E-state index contributed by atoms with van der Waals surface area (Å²) in [5.74, 6) is -14.8. The largest absolute Gasteiger partial charge is 0.481 e. The highest BCUT2D eigenvalue weighted by atomic mass is 16.4. The fourth-order valence-electron chi connectivity index (χ4n) is 6.33. The van der Waals surface area contributed by atoms with Gasteiger partial charge in [0.15, 0.2) is 5.96 Å². The molecule has 0 aromatic rings. The summed E-state index contributed by atoms with van der Waals surface area (Å²) in [6, 6.07) is -10.1. The van der Waals surface area contributed by atoms with Crippen LogP contribution in [0, 0.1) is 0 Å². The van der Waals surface area contributed by atoms with Crippen LogP contribution in [0.15, 0.2) is 4.99 Å². The number of carboxylic acid groups (broad SMARTS) is 2. The van der Waals surface area contributed by atoms with Gasteiger partial charge in [0, 0.05) is 13.1 Å². The summed E-state index contributed by atoms with van der Waals surface area (Å²) < 4.78 is 0. The predicted octanol–water partition coefficient (Wildman–Crippen LogP) is -11.8. The van der Waals surface area contributed by atoms with Crippen molar-refractivity contribution in [2.45, 2.75) is 95.2 Å². The number of nitrogens with one attached hydrogen (secondary N) is 12. The van der Waals surface area contributed by atoms with Crippen molar-refractivity contribution in [3.63, 3.8) is 0 Å². The normalized spacial score (nSPS) is 14.9. The smallest absolute Gasteiger partial charge is 0.325 e. The maximum absolute atomic E-state index is 13.5. The molecular formula is C41H67N17O18. The molecule has 76 heavy (non-hydrogen) atoms. The number of likely N-dealkylation sites (tertiary alicyclic amines) is 1. The molecule has 424 valence electrons. The lowest BCUT2D eigenvalue weighted by Gasteiger charge is -2.29. The molecule has 13 amide bonds. The van der Waals surface area contributed by atoms with Crippen LogP contribution in [0.5, 0.6) is 0 Å². The van der Waals surface area contributed by atoms with E-state index in [1.807, 2.05) is 0 Å². The highest BCUT2D eigenvalue weighted by Crippen LogP contribution is 2.19. The molecule has 1 rings (SSSR count). The van der Waals surface area contributed by atoms with Gasteiger partial charge in [-0.15, -0.1) is 0 Å². The van der Waals surface area contributed by atoms with Crippen LogP contribution >= 0.6 is 0 Å². The molecule has 0 radical (unpaired) electrons. The van der Waals surface area contributed by atoms with Crippen LogP contribution in [-0.2, 0) is 71.9 Å². The monoisotopic (exact) mass is 1090 g/mol. The average Bonchev–Trinajstić information content (AvgIpc) is 3.86. The third-order valence-electron chi connectivity index (χ3n) is 10.3. The van der Waals surface area contributed by atoms with E-state index < -0.39 is 183 Å². The summed E-state index contributed by atoms with van der Waals surface area (Å²) in [4.78, 5) is 191. The van der Waals surface area contributed by atoms with Gasteiger partial charge in [0.2, 0.25) is 76.8 Å². The van der Waals surface area contributed by atoms with Crippen molar-refractivity contribution in [1.82, 2.24) is 68.7 Å². The number of nitrogens with zero attached hydrogens (tertiary/aromatic N) is 2. The molecule has 0 spiro atoms. The lowest BCUT2D eigenvalue weighted by atomic mass is 10.1. The Morgan fingerprint density at radius 2 is 1.04 bits per heavy atom. The zero-order chi connectivity index (χ0) is 57.7. The molecule has 35 heteroatoms. The van der Waals surface area contributed by atoms with Crippen molar-refractivity contribution in [2.24, 2.45) is 22.2 Å². The average molecular weight is 1090 g/mol. The molecule has 0 saturated carbocycles. The van der Waals surface area contributed by atoms with Gasteiger partial charge in [0.1, 0.15) is 42.3 Å². The topological polar surface area (TPSA) is 555 Å². The number of nitrogens with two attached hydrogens (primary N) is 3. The molecular weight excluding hydrogens is 1020 g/mol. The minimum absolute atomic E-state index is 0.0210. The van der Waals surface area contributed by atoms with Gasteiger partial charge >= 0.3 is 11.9 Å². The van der Waals surface area contributed by atoms with Gasteiger partial charge in [0.05, 0.1) is 58.8 Å². The van der Waals surface area contributed by atoms with Gasteiger partial charge in [0.25, 0.3) is 0 Å². The van der Waals surface area contributed by atoms with E-state index in [1.54, 1.807) is 0 Å². The molecule has 0 bridgehead atoms. The van der Waals surface area contributed by atoms with Gasteiger partial charge in [-0.3, -0.25) is 76.9 Å². The van der Waals surface area contributed by atoms with Crippen LogP contribution in [-0.4, -0.2) is 223 Å². The maximum atomic E-state index is 13.5. The first-order valence-electron chi connectivity index (χ1n) is 23.2. The Balaban J connectivity index is 2.82. The summed E-state index contributed by atoms with van der Waals surface area (Å²) >= 11 is 0. The molecule has 0 aliphatic carbocycles. The Labute approximate surface area is 432 Å². The molecule has 0 aromatic heterocycles. The van der Waals surface area contributed by atoms with Crippen molar-refractivity contribution < 1.29 is 87.2 Å². The fourth-order valence-corrected chi connectivity index (χ4v) is 6.33. The van der Waals surface area contributed by atoms with E-state index in [2.05, 4.69) is 68.8 Å². The summed E-state index contributed by atoms with van der Waals surface area (Å²) in [7, 11) is 0. The van der Waals surface area contributed by atoms with E-state index in [0.29, 0.717) is 0 Å². The van der Waals surface area contributed by atoms with Gasteiger partial charge in [-0.1, -0.05) is 0 Å². The number of hydrogen-bond donors (Lipinski definition) is 18. The number of guanidine groups is 1. The van der Waals surface area contributed by atoms with E-state index in [4.69, 9.17) is 22.3 Å². The van der Waals surface area contributed by atoms with Gasteiger partial charge < -0.3 is 101 Å². The number of aliphatic imine (C=N–C) groups is 1. The standard InChI is InChI=1S/C41H67N17O18/c1-19(52-30(64)15-49-29(63)14-48-28(62)13-47-27(61)12-46-26(60)11-42)34(69)50-16-31(65)55-22(6-4-8-45-41(43)44)36(71)51-17-32(66)56-23(10-33(67)68)37(72)57-24(18-59)39(74)58-9-5-7-25(58)38(73)53-20(2)35(70)54-21(3)40(75)76/h19-25,59H,4-18,42H2,1-3H3,(H,46,60)(H,47,61)(H,48,62)(H,49,63)(H,50,69)(H,51,71)(H,52,64)(H,53,73)(H,54,70)(H,55,65)(H,56,66)(H,57,72)(H,67,68)(H,75,76)(H4,43,44,45)/t19-,20-,21-,22-,23-,24-,25-/m0/s1. The molecule has 1 aliphatic heterocycles. The quantitative estimate of drug-likeness (QED) is 0.0165. The van der Waals surface area contributed by atoms with Crippen LogP contribution in [0.3, 0.4) is 0 Å². The molecule has 21 N–H and O–H groups in total. The zero-order valence-corrected chi connectivity index (χ0v) is 41.7. The third kappa shape index (κ3) is 25.8. The van der Waals surface area contributed by atoms with E-state index >= 15 is 0 Å². The van der Waals surface area contributed by atoms with Gasteiger partial charge in [-0.2, -0.15) is 0 Å². The molecule has 35 nitrogen and oxygen atoms in total. The van der Waals surface area contributed by atoms with E-state index in [9.17, 15) is 82.1 Å². The van der Waals surface area contributed by atoms with Crippen LogP contribution in [0.1, 0.15) is 52.9 Å². The van der Waals surface area contributed by atoms with E-state index in [1.165, 1.54) is 20.8 Å². The number of aliphatic hydroxyl groups excluding tert-OH is 1. The Kier molecular flexibility index (Phi) is 29.1. The van der Waals surface area contributed by atoms with Crippen LogP contribution < -0.4 is 81.0 Å². The summed E-state index contributed by atoms with van der Waals surface area (Å²) in [6.07, 6.45) is -0.757. The number of aliphatic hydroxyl groups is 1. The summed E-state index contributed by atoms with van der Waals surface area (Å²) in [5.41, 5.74) is 15.8. The number of carbonyl (C=O) groups is 15. The number of hydrogen-bond acceptors (Lipinski definition) is 18. The van der Waals surface area contributed by atoms with Gasteiger partial charge in [-0.25, -0.2) is 0 Å². The van der Waals surface area contributed by atoms with E-state index in [-0.39, 0.29) is 51.3 Å². The van der Waals surface area contributed by atoms with Crippen LogP contribution in [0.4, 0.5) is 0 Å². The molecule has 1 saturated heterocycles. The molecule has 1 fully saturated rings. The van der Waals surface area contributed by atoms with Crippen molar-refractivity contribution >= 4 is 94.7 Å². The first-order chi connectivity index (χ1) is 35.7. The fraction of sp³-hybridized carbons (Fsp3) is 0.610. The number of rotatable bonds is 33. The van der Waals surface area contributed by atoms with Crippen LogP contribution in [0.25, 0.3) is 0 Å². The summed E-state index contributed by atoms with van der Waals surface area (Å²) in [6.45, 7) is -1.62. The first kappa shape index (κ1) is 65.3. The lowest BCUT2D eigenvalue weighted by molar-refractivity contribution is -0.144. The third-order valence-corrected chi connectivity index (χ3v) is 10.3. The lowest BCUT2D eigenvalue weighted by Crippen LogP contribution is -2.59. The summed E-state index contributed by atoms with van der Waals surface area (Å²) in [5, 5.41) is 55.2. The SMILES string of the molecule is C[C@H](NC(=O)[C@H](C)NC(=O)[C@@H]1CCCN1C(=O)[C@H](CO)NC(=O)[C@H](CC(=O)O)NC(=O)CNC(=O)[C@H](CCCN=C(N)N)NC(=O)CNC(=O)[C@H](C)NC(=O)CNC(=O)CNC(=O)CNC(=O)CNC(=O)CN)C(=O)O. The minimum Gasteiger partial charge on any atom is -0.481 e. The highest BCUT2D eigenvalue weighted by molar-refractivity contribution is 5.99. The second kappa shape index (κ2) is 33.9. The number of carbonyl (C=O) groups excluding carboxylic acids is 13. The Morgan fingerprint density at radius 1 is 0.553 bits per heavy atom. The van der Waals surface area contributed by atoms with Crippen molar-refractivity contribution in [1.29, 1.82) is 0 Å².